The zero-order chi connectivity index (χ0) is 26.4. The van der Waals surface area contributed by atoms with Gasteiger partial charge in [-0.2, -0.15) is 0 Å². The lowest BCUT2D eigenvalue weighted by molar-refractivity contribution is 0.335. The Labute approximate surface area is 213 Å². The van der Waals surface area contributed by atoms with Crippen molar-refractivity contribution in [1.82, 2.24) is 0 Å². The van der Waals surface area contributed by atoms with E-state index in [0.29, 0.717) is 6.61 Å². The summed E-state index contributed by atoms with van der Waals surface area (Å²) in [5.74, 6) is 8.20. The quantitative estimate of drug-likeness (QED) is 0.350. The molecule has 0 amide bonds. The largest absolute Gasteiger partial charge is 0.493 e. The Kier molecular flexibility index (Phi) is 7.56. The minimum atomic E-state index is 0.675. The molecule has 3 aromatic carbocycles. The van der Waals surface area contributed by atoms with Crippen LogP contribution in [0.2, 0.25) is 0 Å². The maximum atomic E-state index is 5.96. The average Bonchev–Trinajstić information content (AvgIpc) is 2.82. The second kappa shape index (κ2) is 9.94. The van der Waals surface area contributed by atoms with Gasteiger partial charge in [0.15, 0.2) is 0 Å². The molecule has 35 heavy (non-hydrogen) atoms. The third-order valence-corrected chi connectivity index (χ3v) is 8.40. The first kappa shape index (κ1) is 26.6. The summed E-state index contributed by atoms with van der Waals surface area (Å²) in [7, 11) is 0. The summed E-state index contributed by atoms with van der Waals surface area (Å²) in [6.07, 6.45) is 0. The molecule has 0 saturated carbocycles. The van der Waals surface area contributed by atoms with Gasteiger partial charge in [-0.3, -0.25) is 0 Å². The van der Waals surface area contributed by atoms with Crippen molar-refractivity contribution in [3.63, 3.8) is 0 Å². The molecule has 1 heteroatoms. The van der Waals surface area contributed by atoms with Crippen molar-refractivity contribution in [2.24, 2.45) is 0 Å². The second-order valence-electron chi connectivity index (χ2n) is 10.3. The smallest absolute Gasteiger partial charge is 0.125 e. The van der Waals surface area contributed by atoms with E-state index < -0.39 is 0 Å². The fourth-order valence-corrected chi connectivity index (χ4v) is 5.42. The van der Waals surface area contributed by atoms with Crippen molar-refractivity contribution < 1.29 is 4.74 Å². The molecular formula is C34H42O. The van der Waals surface area contributed by atoms with Crippen LogP contribution in [-0.2, 0) is 0 Å². The van der Waals surface area contributed by atoms with Crippen LogP contribution in [0.3, 0.4) is 0 Å². The molecule has 0 N–H and O–H groups in total. The van der Waals surface area contributed by atoms with Crippen molar-refractivity contribution in [3.8, 4) is 28.7 Å². The fraction of sp³-hybridized carbons (Fsp3) is 0.412. The van der Waals surface area contributed by atoms with E-state index in [2.05, 4.69) is 101 Å². The molecule has 0 saturated heterocycles. The number of benzene rings is 3. The standard InChI is InChI=1S/C34H42O/c1-14-35-34-28(12)24(8)31(25(9)29(34)13)16-15-30-22(6)26(10)33(27(11)23(30)7)32-20(4)18(2)17-19(3)21(32)5/h17H,14H2,1-13H3. The van der Waals surface area contributed by atoms with Gasteiger partial charge in [-0.05, 0) is 168 Å². The lowest BCUT2D eigenvalue weighted by Crippen LogP contribution is -2.05. The minimum Gasteiger partial charge on any atom is -0.493 e. The van der Waals surface area contributed by atoms with E-state index in [4.69, 9.17) is 4.74 Å². The summed E-state index contributed by atoms with van der Waals surface area (Å²) in [4.78, 5) is 0. The molecule has 3 rings (SSSR count). The van der Waals surface area contributed by atoms with Gasteiger partial charge in [-0.15, -0.1) is 0 Å². The Morgan fingerprint density at radius 2 is 0.829 bits per heavy atom. The van der Waals surface area contributed by atoms with Gasteiger partial charge in [0.25, 0.3) is 0 Å². The van der Waals surface area contributed by atoms with Crippen LogP contribution in [0.25, 0.3) is 11.1 Å². The molecule has 0 aromatic heterocycles. The fourth-order valence-electron chi connectivity index (χ4n) is 5.42. The molecule has 0 radical (unpaired) electrons. The third-order valence-electron chi connectivity index (χ3n) is 8.40. The Hall–Kier alpha value is -2.98. The van der Waals surface area contributed by atoms with Gasteiger partial charge in [-0.1, -0.05) is 17.9 Å². The molecule has 184 valence electrons. The lowest BCUT2D eigenvalue weighted by Gasteiger charge is -2.23. The highest BCUT2D eigenvalue weighted by Crippen LogP contribution is 2.39. The van der Waals surface area contributed by atoms with Gasteiger partial charge in [0.05, 0.1) is 6.61 Å². The maximum Gasteiger partial charge on any atom is 0.125 e. The van der Waals surface area contributed by atoms with Crippen molar-refractivity contribution in [2.45, 2.75) is 90.0 Å². The summed E-state index contributed by atoms with van der Waals surface area (Å²) >= 11 is 0. The molecule has 0 heterocycles. The van der Waals surface area contributed by atoms with Gasteiger partial charge < -0.3 is 4.74 Å². The minimum absolute atomic E-state index is 0.675. The van der Waals surface area contributed by atoms with E-state index in [1.54, 1.807) is 0 Å². The number of ether oxygens (including phenoxy) is 1. The molecule has 0 aliphatic rings. The van der Waals surface area contributed by atoms with Gasteiger partial charge >= 0.3 is 0 Å². The van der Waals surface area contributed by atoms with Gasteiger partial charge in [0.2, 0.25) is 0 Å². The Morgan fingerprint density at radius 3 is 1.20 bits per heavy atom. The van der Waals surface area contributed by atoms with E-state index in [1.165, 1.54) is 77.9 Å². The van der Waals surface area contributed by atoms with Crippen LogP contribution in [0.15, 0.2) is 6.07 Å². The van der Waals surface area contributed by atoms with E-state index in [1.807, 2.05) is 6.92 Å². The van der Waals surface area contributed by atoms with Gasteiger partial charge in [-0.25, -0.2) is 0 Å². The first-order valence-electron chi connectivity index (χ1n) is 12.8. The zero-order valence-corrected chi connectivity index (χ0v) is 24.2. The number of aryl methyl sites for hydroxylation is 2. The first-order valence-corrected chi connectivity index (χ1v) is 12.8. The van der Waals surface area contributed by atoms with Crippen molar-refractivity contribution in [2.75, 3.05) is 6.61 Å². The summed E-state index contributed by atoms with van der Waals surface area (Å²) in [5.41, 5.74) is 20.6. The average molecular weight is 467 g/mol. The van der Waals surface area contributed by atoms with Crippen LogP contribution in [0, 0.1) is 94.9 Å². The zero-order valence-electron chi connectivity index (χ0n) is 24.2. The SMILES string of the molecule is CCOc1c(C)c(C)c(C#Cc2c(C)c(C)c(-c3c(C)c(C)cc(C)c3C)c(C)c2C)c(C)c1C. The van der Waals surface area contributed by atoms with Gasteiger partial charge in [0, 0.05) is 11.1 Å². The highest BCUT2D eigenvalue weighted by molar-refractivity contribution is 5.81. The summed E-state index contributed by atoms with van der Waals surface area (Å²) in [5, 5.41) is 0. The van der Waals surface area contributed by atoms with Crippen LogP contribution in [-0.4, -0.2) is 6.61 Å². The van der Waals surface area contributed by atoms with Crippen LogP contribution >= 0.6 is 0 Å². The van der Waals surface area contributed by atoms with Crippen LogP contribution in [0.1, 0.15) is 84.8 Å². The van der Waals surface area contributed by atoms with E-state index in [9.17, 15) is 0 Å². The highest BCUT2D eigenvalue weighted by atomic mass is 16.5. The van der Waals surface area contributed by atoms with Crippen LogP contribution in [0.4, 0.5) is 0 Å². The number of hydrogen-bond donors (Lipinski definition) is 0. The molecular weight excluding hydrogens is 424 g/mol. The molecule has 0 fully saturated rings. The maximum absolute atomic E-state index is 5.96. The molecule has 0 spiro atoms. The number of rotatable bonds is 3. The number of hydrogen-bond acceptors (Lipinski definition) is 1. The van der Waals surface area contributed by atoms with E-state index in [0.717, 1.165) is 16.9 Å². The molecule has 0 aliphatic carbocycles. The van der Waals surface area contributed by atoms with Crippen LogP contribution < -0.4 is 4.74 Å². The molecule has 0 unspecified atom stereocenters. The Morgan fingerprint density at radius 1 is 0.486 bits per heavy atom. The predicted octanol–water partition coefficient (Wildman–Crippen LogP) is 8.85. The summed E-state index contributed by atoms with van der Waals surface area (Å²) < 4.78 is 5.96. The monoisotopic (exact) mass is 466 g/mol. The predicted molar refractivity (Wildman–Crippen MR) is 152 cm³/mol. The Bertz CT molecular complexity index is 1320. The van der Waals surface area contributed by atoms with Crippen LogP contribution in [0.5, 0.6) is 5.75 Å². The molecule has 0 aliphatic heterocycles. The Balaban J connectivity index is 2.28. The third kappa shape index (κ3) is 4.40. The van der Waals surface area contributed by atoms with Gasteiger partial charge in [0.1, 0.15) is 5.75 Å². The molecule has 1 nitrogen and oxygen atoms in total. The van der Waals surface area contributed by atoms with Crippen molar-refractivity contribution in [1.29, 1.82) is 0 Å². The van der Waals surface area contributed by atoms with Crippen molar-refractivity contribution in [3.05, 3.63) is 84.0 Å². The molecule has 0 bridgehead atoms. The lowest BCUT2D eigenvalue weighted by atomic mass is 9.81. The summed E-state index contributed by atoms with van der Waals surface area (Å²) in [6, 6.07) is 2.31. The normalized spacial score (nSPS) is 10.9. The van der Waals surface area contributed by atoms with E-state index >= 15 is 0 Å². The first-order chi connectivity index (χ1) is 16.3. The van der Waals surface area contributed by atoms with E-state index in [-0.39, 0.29) is 0 Å². The van der Waals surface area contributed by atoms with Crippen molar-refractivity contribution >= 4 is 0 Å². The topological polar surface area (TPSA) is 9.23 Å². The molecule has 3 aromatic rings. The summed E-state index contributed by atoms with van der Waals surface area (Å²) in [6.45, 7) is 29.3. The molecule has 0 atom stereocenters. The second-order valence-corrected chi connectivity index (χ2v) is 10.3. The highest BCUT2D eigenvalue weighted by Gasteiger charge is 2.20.